The van der Waals surface area contributed by atoms with Crippen molar-refractivity contribution in [3.8, 4) is 0 Å². The van der Waals surface area contributed by atoms with E-state index in [1.807, 2.05) is 0 Å². The molecule has 0 aromatic rings. The number of rotatable bonds is 5. The van der Waals surface area contributed by atoms with Crippen LogP contribution in [-0.2, 0) is 0 Å². The molecule has 0 heterocycles. The van der Waals surface area contributed by atoms with Gasteiger partial charge in [0.1, 0.15) is 0 Å². The van der Waals surface area contributed by atoms with E-state index in [1.165, 1.54) is 38.5 Å². The molecule has 0 aromatic heterocycles. The maximum absolute atomic E-state index is 3.73. The Balaban J connectivity index is 2.23. The lowest BCUT2D eigenvalue weighted by Crippen LogP contribution is -2.44. The highest BCUT2D eigenvalue weighted by molar-refractivity contribution is 4.81. The van der Waals surface area contributed by atoms with Gasteiger partial charge in [0.05, 0.1) is 0 Å². The second-order valence-electron chi connectivity index (χ2n) is 5.67. The summed E-state index contributed by atoms with van der Waals surface area (Å²) in [7, 11) is 0. The highest BCUT2D eigenvalue weighted by atomic mass is 15.0. The van der Waals surface area contributed by atoms with E-state index in [0.717, 1.165) is 5.92 Å². The molecule has 1 N–H and O–H groups in total. The summed E-state index contributed by atoms with van der Waals surface area (Å²) >= 11 is 0. The van der Waals surface area contributed by atoms with Crippen LogP contribution in [0, 0.1) is 5.92 Å². The number of nitrogens with one attached hydrogen (secondary N) is 1. The third-order valence-electron chi connectivity index (χ3n) is 3.68. The van der Waals surface area contributed by atoms with Gasteiger partial charge in [0, 0.05) is 11.6 Å². The van der Waals surface area contributed by atoms with Crippen LogP contribution in [0.25, 0.3) is 0 Å². The summed E-state index contributed by atoms with van der Waals surface area (Å²) in [6, 6.07) is 0.688. The average Bonchev–Trinajstić information content (AvgIpc) is 2.55. The normalized spacial score (nSPS) is 21.4. The highest BCUT2D eigenvalue weighted by Gasteiger charge is 2.21. The van der Waals surface area contributed by atoms with Crippen molar-refractivity contribution in [2.45, 2.75) is 77.8 Å². The van der Waals surface area contributed by atoms with Crippen molar-refractivity contribution in [1.29, 1.82) is 0 Å². The van der Waals surface area contributed by atoms with Crippen molar-refractivity contribution in [3.63, 3.8) is 0 Å². The Morgan fingerprint density at radius 1 is 1.29 bits per heavy atom. The van der Waals surface area contributed by atoms with Crippen LogP contribution in [0.1, 0.15) is 66.2 Å². The summed E-state index contributed by atoms with van der Waals surface area (Å²) in [6.45, 7) is 9.21. The van der Waals surface area contributed by atoms with Crippen molar-refractivity contribution >= 4 is 0 Å². The van der Waals surface area contributed by atoms with E-state index in [9.17, 15) is 0 Å². The molecule has 0 spiro atoms. The molecule has 0 bridgehead atoms. The van der Waals surface area contributed by atoms with Crippen molar-refractivity contribution in [3.05, 3.63) is 0 Å². The Kier molecular flexibility index (Phi) is 4.43. The van der Waals surface area contributed by atoms with Crippen LogP contribution >= 0.6 is 0 Å². The summed E-state index contributed by atoms with van der Waals surface area (Å²) in [6.07, 6.45) is 8.46. The minimum Gasteiger partial charge on any atom is -0.309 e. The van der Waals surface area contributed by atoms with Crippen LogP contribution in [0.5, 0.6) is 0 Å². The van der Waals surface area contributed by atoms with Crippen LogP contribution in [0.3, 0.4) is 0 Å². The fourth-order valence-corrected chi connectivity index (χ4v) is 2.57. The molecular weight excluding hydrogens is 170 g/mol. The molecule has 1 nitrogen and oxygen atoms in total. The zero-order valence-corrected chi connectivity index (χ0v) is 10.4. The predicted molar refractivity (Wildman–Crippen MR) is 63.5 cm³/mol. The summed E-state index contributed by atoms with van der Waals surface area (Å²) in [5.41, 5.74) is 0.317. The maximum atomic E-state index is 3.73. The summed E-state index contributed by atoms with van der Waals surface area (Å²) in [4.78, 5) is 0. The minimum atomic E-state index is 0.317. The number of hydrogen-bond acceptors (Lipinski definition) is 1. The first kappa shape index (κ1) is 12.0. The largest absolute Gasteiger partial charge is 0.309 e. The first-order chi connectivity index (χ1) is 6.53. The van der Waals surface area contributed by atoms with E-state index >= 15 is 0 Å². The van der Waals surface area contributed by atoms with Crippen LogP contribution in [0.2, 0.25) is 0 Å². The van der Waals surface area contributed by atoms with Crippen LogP contribution < -0.4 is 5.32 Å². The zero-order valence-electron chi connectivity index (χ0n) is 10.4. The van der Waals surface area contributed by atoms with Gasteiger partial charge in [-0.3, -0.25) is 0 Å². The molecule has 1 atom stereocenters. The lowest BCUT2D eigenvalue weighted by Gasteiger charge is -2.30. The van der Waals surface area contributed by atoms with Crippen molar-refractivity contribution in [1.82, 2.24) is 5.32 Å². The summed E-state index contributed by atoms with van der Waals surface area (Å²) < 4.78 is 0. The third kappa shape index (κ3) is 4.00. The molecule has 1 fully saturated rings. The van der Waals surface area contributed by atoms with Gasteiger partial charge in [-0.25, -0.2) is 0 Å². The zero-order chi connectivity index (χ0) is 10.6. The van der Waals surface area contributed by atoms with Gasteiger partial charge in [-0.2, -0.15) is 0 Å². The Hall–Kier alpha value is -0.0400. The summed E-state index contributed by atoms with van der Waals surface area (Å²) in [5, 5.41) is 3.73. The predicted octanol–water partition coefficient (Wildman–Crippen LogP) is 3.73. The fourth-order valence-electron chi connectivity index (χ4n) is 2.57. The van der Waals surface area contributed by atoms with E-state index in [-0.39, 0.29) is 0 Å². The molecular formula is C13H27N. The first-order valence-corrected chi connectivity index (χ1v) is 6.31. The Morgan fingerprint density at radius 2 is 1.86 bits per heavy atom. The monoisotopic (exact) mass is 197 g/mol. The molecule has 1 aliphatic rings. The SMILES string of the molecule is CCC(C)(C)NC(C)CC1CCCC1. The van der Waals surface area contributed by atoms with E-state index in [2.05, 4.69) is 33.0 Å². The second-order valence-corrected chi connectivity index (χ2v) is 5.67. The Morgan fingerprint density at radius 3 is 2.36 bits per heavy atom. The molecule has 84 valence electrons. The molecule has 0 aliphatic heterocycles. The molecule has 1 heteroatoms. The van der Waals surface area contributed by atoms with Gasteiger partial charge in [0.15, 0.2) is 0 Å². The topological polar surface area (TPSA) is 12.0 Å². The smallest absolute Gasteiger partial charge is 0.0125 e. The van der Waals surface area contributed by atoms with Gasteiger partial charge in [-0.15, -0.1) is 0 Å². The molecule has 0 radical (unpaired) electrons. The lowest BCUT2D eigenvalue weighted by atomic mass is 9.95. The van der Waals surface area contributed by atoms with E-state index < -0.39 is 0 Å². The summed E-state index contributed by atoms with van der Waals surface area (Å²) in [5.74, 6) is 1.00. The Labute approximate surface area is 89.7 Å². The number of hydrogen-bond donors (Lipinski definition) is 1. The van der Waals surface area contributed by atoms with Gasteiger partial charge in [0.25, 0.3) is 0 Å². The van der Waals surface area contributed by atoms with Gasteiger partial charge in [-0.05, 0) is 39.5 Å². The van der Waals surface area contributed by atoms with Crippen molar-refractivity contribution < 1.29 is 0 Å². The lowest BCUT2D eigenvalue weighted by molar-refractivity contribution is 0.298. The second kappa shape index (κ2) is 5.16. The standard InChI is InChI=1S/C13H27N/c1-5-13(3,4)14-11(2)10-12-8-6-7-9-12/h11-12,14H,5-10H2,1-4H3. The average molecular weight is 197 g/mol. The maximum Gasteiger partial charge on any atom is 0.0125 e. The molecule has 0 aromatic carbocycles. The van der Waals surface area contributed by atoms with Gasteiger partial charge in [-0.1, -0.05) is 32.6 Å². The van der Waals surface area contributed by atoms with Crippen molar-refractivity contribution in [2.75, 3.05) is 0 Å². The molecule has 0 amide bonds. The van der Waals surface area contributed by atoms with E-state index in [0.29, 0.717) is 11.6 Å². The molecule has 1 rings (SSSR count). The molecule has 1 aliphatic carbocycles. The van der Waals surface area contributed by atoms with Gasteiger partial charge >= 0.3 is 0 Å². The van der Waals surface area contributed by atoms with Crippen LogP contribution in [-0.4, -0.2) is 11.6 Å². The molecule has 1 saturated carbocycles. The van der Waals surface area contributed by atoms with Crippen LogP contribution in [0.4, 0.5) is 0 Å². The molecule has 0 saturated heterocycles. The molecule has 14 heavy (non-hydrogen) atoms. The van der Waals surface area contributed by atoms with Gasteiger partial charge < -0.3 is 5.32 Å². The van der Waals surface area contributed by atoms with Crippen molar-refractivity contribution in [2.24, 2.45) is 5.92 Å². The quantitative estimate of drug-likeness (QED) is 0.708. The molecule has 1 unspecified atom stereocenters. The third-order valence-corrected chi connectivity index (χ3v) is 3.68. The van der Waals surface area contributed by atoms with E-state index in [1.54, 1.807) is 0 Å². The van der Waals surface area contributed by atoms with Crippen LogP contribution in [0.15, 0.2) is 0 Å². The highest BCUT2D eigenvalue weighted by Crippen LogP contribution is 2.28. The Bertz CT molecular complexity index is 157. The minimum absolute atomic E-state index is 0.317. The fraction of sp³-hybridized carbons (Fsp3) is 1.00. The van der Waals surface area contributed by atoms with E-state index in [4.69, 9.17) is 0 Å². The van der Waals surface area contributed by atoms with Gasteiger partial charge in [0.2, 0.25) is 0 Å². The first-order valence-electron chi connectivity index (χ1n) is 6.31.